The SMILES string of the molecule is CCOC(=O)C=CCOc1cc(Br)c(OC)cc1/C=N\O. The molecule has 21 heavy (non-hydrogen) atoms. The number of hydrogen-bond donors (Lipinski definition) is 1. The van der Waals surface area contributed by atoms with Crippen LogP contribution in [0.15, 0.2) is 33.9 Å². The van der Waals surface area contributed by atoms with Gasteiger partial charge in [-0.15, -0.1) is 0 Å². The summed E-state index contributed by atoms with van der Waals surface area (Å²) in [6.45, 7) is 2.23. The zero-order valence-corrected chi connectivity index (χ0v) is 13.3. The number of esters is 1. The van der Waals surface area contributed by atoms with Gasteiger partial charge in [0.25, 0.3) is 0 Å². The topological polar surface area (TPSA) is 77.4 Å². The first-order valence-electron chi connectivity index (χ1n) is 6.13. The third-order valence-electron chi connectivity index (χ3n) is 2.36. The quantitative estimate of drug-likeness (QED) is 0.267. The standard InChI is InChI=1S/C14H16BrNO5/c1-3-20-14(17)5-4-6-21-12-8-11(15)13(19-2)7-10(12)9-16-18/h4-5,7-9,18H,3,6H2,1-2H3/b5-4?,16-9-. The molecule has 0 aliphatic carbocycles. The van der Waals surface area contributed by atoms with Gasteiger partial charge in [-0.25, -0.2) is 4.79 Å². The summed E-state index contributed by atoms with van der Waals surface area (Å²) in [5.74, 6) is 0.641. The molecule has 0 aliphatic heterocycles. The summed E-state index contributed by atoms with van der Waals surface area (Å²) in [6.07, 6.45) is 4.07. The van der Waals surface area contributed by atoms with Crippen LogP contribution in [0.2, 0.25) is 0 Å². The molecule has 1 aromatic rings. The van der Waals surface area contributed by atoms with Crippen molar-refractivity contribution in [2.24, 2.45) is 5.16 Å². The summed E-state index contributed by atoms with van der Waals surface area (Å²) < 4.78 is 16.1. The van der Waals surface area contributed by atoms with Gasteiger partial charge in [0, 0.05) is 11.6 Å². The van der Waals surface area contributed by atoms with E-state index in [0.29, 0.717) is 28.1 Å². The van der Waals surface area contributed by atoms with Crippen LogP contribution in [0.3, 0.4) is 0 Å². The Hall–Kier alpha value is -2.02. The molecule has 0 bridgehead atoms. The molecule has 0 spiro atoms. The second kappa shape index (κ2) is 9.02. The number of hydrogen-bond acceptors (Lipinski definition) is 6. The average molecular weight is 358 g/mol. The van der Waals surface area contributed by atoms with Gasteiger partial charge in [-0.2, -0.15) is 0 Å². The van der Waals surface area contributed by atoms with Crippen LogP contribution in [0.4, 0.5) is 0 Å². The largest absolute Gasteiger partial charge is 0.496 e. The number of oxime groups is 1. The molecule has 0 amide bonds. The highest BCUT2D eigenvalue weighted by Crippen LogP contribution is 2.32. The number of carbonyl (C=O) groups is 1. The number of nitrogens with zero attached hydrogens (tertiary/aromatic N) is 1. The molecule has 0 saturated carbocycles. The van der Waals surface area contributed by atoms with Crippen LogP contribution in [0.25, 0.3) is 0 Å². The van der Waals surface area contributed by atoms with Crippen molar-refractivity contribution >= 4 is 28.1 Å². The predicted octanol–water partition coefficient (Wildman–Crippen LogP) is 2.76. The zero-order chi connectivity index (χ0) is 15.7. The second-order valence-electron chi connectivity index (χ2n) is 3.73. The van der Waals surface area contributed by atoms with Crippen molar-refractivity contribution in [3.05, 3.63) is 34.3 Å². The lowest BCUT2D eigenvalue weighted by Crippen LogP contribution is -2.02. The maximum Gasteiger partial charge on any atom is 0.330 e. The normalized spacial score (nSPS) is 11.0. The van der Waals surface area contributed by atoms with Gasteiger partial charge in [-0.3, -0.25) is 0 Å². The minimum atomic E-state index is -0.422. The summed E-state index contributed by atoms with van der Waals surface area (Å²) >= 11 is 3.34. The van der Waals surface area contributed by atoms with Crippen molar-refractivity contribution in [2.75, 3.05) is 20.3 Å². The van der Waals surface area contributed by atoms with Gasteiger partial charge in [0.2, 0.25) is 0 Å². The summed E-state index contributed by atoms with van der Waals surface area (Å²) in [4.78, 5) is 11.1. The molecule has 0 saturated heterocycles. The highest BCUT2D eigenvalue weighted by atomic mass is 79.9. The van der Waals surface area contributed by atoms with Crippen molar-refractivity contribution in [3.63, 3.8) is 0 Å². The summed E-state index contributed by atoms with van der Waals surface area (Å²) in [7, 11) is 1.53. The van der Waals surface area contributed by atoms with E-state index in [1.165, 1.54) is 25.5 Å². The van der Waals surface area contributed by atoms with Crippen LogP contribution in [0, 0.1) is 0 Å². The lowest BCUT2D eigenvalue weighted by Gasteiger charge is -2.10. The Morgan fingerprint density at radius 2 is 2.19 bits per heavy atom. The Labute approximate surface area is 131 Å². The average Bonchev–Trinajstić information content (AvgIpc) is 2.46. The predicted molar refractivity (Wildman–Crippen MR) is 81.3 cm³/mol. The van der Waals surface area contributed by atoms with Crippen LogP contribution in [-0.4, -0.2) is 37.7 Å². The van der Waals surface area contributed by atoms with Gasteiger partial charge in [0.05, 0.1) is 24.4 Å². The summed E-state index contributed by atoms with van der Waals surface area (Å²) in [5.41, 5.74) is 0.544. The molecule has 1 aromatic carbocycles. The lowest BCUT2D eigenvalue weighted by molar-refractivity contribution is -0.137. The zero-order valence-electron chi connectivity index (χ0n) is 11.7. The number of carbonyl (C=O) groups excluding carboxylic acids is 1. The van der Waals surface area contributed by atoms with E-state index in [1.54, 1.807) is 19.1 Å². The number of methoxy groups -OCH3 is 1. The van der Waals surface area contributed by atoms with Crippen LogP contribution in [0.5, 0.6) is 11.5 Å². The highest BCUT2D eigenvalue weighted by Gasteiger charge is 2.08. The van der Waals surface area contributed by atoms with Gasteiger partial charge < -0.3 is 19.4 Å². The molecule has 7 heteroatoms. The molecule has 0 aromatic heterocycles. The molecular formula is C14H16BrNO5. The first kappa shape index (κ1) is 17.0. The van der Waals surface area contributed by atoms with E-state index >= 15 is 0 Å². The van der Waals surface area contributed by atoms with Crippen molar-refractivity contribution in [3.8, 4) is 11.5 Å². The van der Waals surface area contributed by atoms with Gasteiger partial charge in [-0.1, -0.05) is 5.16 Å². The van der Waals surface area contributed by atoms with Crippen molar-refractivity contribution < 1.29 is 24.2 Å². The van der Waals surface area contributed by atoms with E-state index in [9.17, 15) is 4.79 Å². The van der Waals surface area contributed by atoms with E-state index in [2.05, 4.69) is 21.1 Å². The molecular weight excluding hydrogens is 342 g/mol. The Kier molecular flexibility index (Phi) is 7.31. The van der Waals surface area contributed by atoms with Crippen LogP contribution < -0.4 is 9.47 Å². The number of ether oxygens (including phenoxy) is 3. The molecule has 6 nitrogen and oxygen atoms in total. The first-order chi connectivity index (χ1) is 10.1. The molecule has 0 aliphatic rings. The molecule has 0 unspecified atom stereocenters. The van der Waals surface area contributed by atoms with E-state index in [1.807, 2.05) is 0 Å². The van der Waals surface area contributed by atoms with Gasteiger partial charge in [-0.05, 0) is 41.1 Å². The monoisotopic (exact) mass is 357 g/mol. The molecule has 0 atom stereocenters. The first-order valence-corrected chi connectivity index (χ1v) is 6.92. The smallest absolute Gasteiger partial charge is 0.330 e. The van der Waals surface area contributed by atoms with Crippen molar-refractivity contribution in [2.45, 2.75) is 6.92 Å². The van der Waals surface area contributed by atoms with Crippen molar-refractivity contribution in [1.29, 1.82) is 0 Å². The fourth-order valence-corrected chi connectivity index (χ4v) is 1.95. The Balaban J connectivity index is 2.78. The fourth-order valence-electron chi connectivity index (χ4n) is 1.47. The minimum absolute atomic E-state index is 0.170. The Morgan fingerprint density at radius 3 is 2.81 bits per heavy atom. The number of halogens is 1. The lowest BCUT2D eigenvalue weighted by atomic mass is 10.2. The molecule has 0 fully saturated rings. The molecule has 114 valence electrons. The summed E-state index contributed by atoms with van der Waals surface area (Å²) in [6, 6.07) is 3.35. The van der Waals surface area contributed by atoms with E-state index in [-0.39, 0.29) is 6.61 Å². The number of benzene rings is 1. The molecule has 1 N–H and O–H groups in total. The van der Waals surface area contributed by atoms with Crippen LogP contribution in [0.1, 0.15) is 12.5 Å². The van der Waals surface area contributed by atoms with Crippen molar-refractivity contribution in [1.82, 2.24) is 0 Å². The van der Waals surface area contributed by atoms with E-state index in [0.717, 1.165) is 0 Å². The molecule has 0 heterocycles. The van der Waals surface area contributed by atoms with Gasteiger partial charge in [0.15, 0.2) is 0 Å². The Bertz CT molecular complexity index is 542. The van der Waals surface area contributed by atoms with E-state index < -0.39 is 5.97 Å². The fraction of sp³-hybridized carbons (Fsp3) is 0.286. The van der Waals surface area contributed by atoms with Gasteiger partial charge in [0.1, 0.15) is 18.1 Å². The third kappa shape index (κ3) is 5.47. The third-order valence-corrected chi connectivity index (χ3v) is 2.98. The van der Waals surface area contributed by atoms with E-state index in [4.69, 9.17) is 19.4 Å². The number of rotatable bonds is 7. The molecule has 1 rings (SSSR count). The maximum absolute atomic E-state index is 11.1. The minimum Gasteiger partial charge on any atom is -0.496 e. The van der Waals surface area contributed by atoms with Crippen LogP contribution in [-0.2, 0) is 9.53 Å². The van der Waals surface area contributed by atoms with Crippen LogP contribution >= 0.6 is 15.9 Å². The summed E-state index contributed by atoms with van der Waals surface area (Å²) in [5, 5.41) is 11.7. The Morgan fingerprint density at radius 1 is 1.43 bits per heavy atom. The second-order valence-corrected chi connectivity index (χ2v) is 4.59. The molecule has 0 radical (unpaired) electrons. The van der Waals surface area contributed by atoms with Gasteiger partial charge >= 0.3 is 5.97 Å². The maximum atomic E-state index is 11.1. The highest BCUT2D eigenvalue weighted by molar-refractivity contribution is 9.10.